The van der Waals surface area contributed by atoms with Crippen LogP contribution < -0.4 is 15.4 Å². The van der Waals surface area contributed by atoms with Crippen molar-refractivity contribution in [1.82, 2.24) is 15.1 Å². The molecule has 0 spiro atoms. The fourth-order valence-electron chi connectivity index (χ4n) is 4.39. The first kappa shape index (κ1) is 26.8. The summed E-state index contributed by atoms with van der Waals surface area (Å²) in [4.78, 5) is 42.2. The maximum Gasteiger partial charge on any atom is 0.317 e. The second-order valence-corrected chi connectivity index (χ2v) is 9.81. The number of rotatable bonds is 5. The number of fused-ring (bicyclic) bond motifs is 1. The van der Waals surface area contributed by atoms with Crippen molar-refractivity contribution in [3.05, 3.63) is 23.8 Å². The number of hydrogen-bond donors (Lipinski definition) is 2. The van der Waals surface area contributed by atoms with Crippen molar-refractivity contribution in [2.45, 2.75) is 58.6 Å². The minimum absolute atomic E-state index is 0.0123. The van der Waals surface area contributed by atoms with Gasteiger partial charge in [0.15, 0.2) is 0 Å². The number of benzene rings is 1. The lowest BCUT2D eigenvalue weighted by Gasteiger charge is -2.36. The summed E-state index contributed by atoms with van der Waals surface area (Å²) in [5, 5.41) is 5.91. The second kappa shape index (κ2) is 12.2. The Labute approximate surface area is 208 Å². The lowest BCUT2D eigenvalue weighted by molar-refractivity contribution is -0.122. The fourth-order valence-corrected chi connectivity index (χ4v) is 4.39. The van der Waals surface area contributed by atoms with E-state index in [-0.39, 0.29) is 48.4 Å². The summed E-state index contributed by atoms with van der Waals surface area (Å²) in [5.74, 6) is 0.227. The number of carbonyl (C=O) groups excluding carboxylic acids is 3. The molecular formula is C26H40N4O5. The SMILES string of the molecule is CCCNC(=O)N1C[C@@H](C)[C@@H](OC)CN(C)C(=O)c2cc(NC(=O)C3CCC3)ccc2OC[C@H]1C. The molecule has 0 unspecified atom stereocenters. The maximum absolute atomic E-state index is 13.4. The average Bonchev–Trinajstić information content (AvgIpc) is 2.80. The van der Waals surface area contributed by atoms with Crippen molar-refractivity contribution in [2.75, 3.05) is 45.7 Å². The zero-order chi connectivity index (χ0) is 25.5. The molecule has 9 heteroatoms. The first-order chi connectivity index (χ1) is 16.7. The van der Waals surface area contributed by atoms with E-state index >= 15 is 0 Å². The van der Waals surface area contributed by atoms with E-state index in [1.54, 1.807) is 42.2 Å². The van der Waals surface area contributed by atoms with E-state index in [0.717, 1.165) is 25.7 Å². The molecule has 3 atom stereocenters. The largest absolute Gasteiger partial charge is 0.491 e. The standard InChI is InChI=1S/C26H40N4O5/c1-6-12-27-26(33)30-14-17(2)23(34-5)15-29(4)25(32)21-13-20(28-24(31)19-8-7-9-19)10-11-22(21)35-16-18(30)3/h10-11,13,17-19,23H,6-9,12,14-16H2,1-5H3,(H,27,33)(H,28,31)/t17-,18-,23+/m1/s1. The minimum Gasteiger partial charge on any atom is -0.491 e. The predicted octanol–water partition coefficient (Wildman–Crippen LogP) is 3.35. The Morgan fingerprint density at radius 3 is 2.57 bits per heavy atom. The van der Waals surface area contributed by atoms with E-state index in [2.05, 4.69) is 10.6 Å². The third-order valence-electron chi connectivity index (χ3n) is 6.98. The van der Waals surface area contributed by atoms with Crippen LogP contribution in [0.25, 0.3) is 0 Å². The van der Waals surface area contributed by atoms with Gasteiger partial charge in [-0.2, -0.15) is 0 Å². The average molecular weight is 489 g/mol. The van der Waals surface area contributed by atoms with E-state index in [9.17, 15) is 14.4 Å². The molecule has 4 amide bonds. The van der Waals surface area contributed by atoms with Crippen LogP contribution in [-0.4, -0.2) is 80.2 Å². The van der Waals surface area contributed by atoms with Crippen LogP contribution in [0, 0.1) is 11.8 Å². The fraction of sp³-hybridized carbons (Fsp3) is 0.654. The zero-order valence-electron chi connectivity index (χ0n) is 21.6. The molecule has 2 N–H and O–H groups in total. The summed E-state index contributed by atoms with van der Waals surface area (Å²) < 4.78 is 11.8. The Bertz CT molecular complexity index is 904. The van der Waals surface area contributed by atoms with E-state index < -0.39 is 0 Å². The number of hydrogen-bond acceptors (Lipinski definition) is 5. The first-order valence-corrected chi connectivity index (χ1v) is 12.7. The van der Waals surface area contributed by atoms with Crippen LogP contribution in [0.5, 0.6) is 5.75 Å². The van der Waals surface area contributed by atoms with Gasteiger partial charge in [0.1, 0.15) is 12.4 Å². The molecule has 1 heterocycles. The number of urea groups is 1. The number of methoxy groups -OCH3 is 1. The predicted molar refractivity (Wildman–Crippen MR) is 135 cm³/mol. The van der Waals surface area contributed by atoms with Crippen molar-refractivity contribution in [1.29, 1.82) is 0 Å². The van der Waals surface area contributed by atoms with Gasteiger partial charge in [0.25, 0.3) is 5.91 Å². The Morgan fingerprint density at radius 1 is 1.20 bits per heavy atom. The van der Waals surface area contributed by atoms with Gasteiger partial charge in [-0.05, 0) is 44.4 Å². The number of nitrogens with zero attached hydrogens (tertiary/aromatic N) is 2. The number of likely N-dealkylation sites (N-methyl/N-ethyl adjacent to an activating group) is 1. The smallest absolute Gasteiger partial charge is 0.317 e. The molecule has 2 aliphatic rings. The summed E-state index contributed by atoms with van der Waals surface area (Å²) in [6.07, 6.45) is 3.46. The van der Waals surface area contributed by atoms with Crippen molar-refractivity contribution in [3.8, 4) is 5.75 Å². The summed E-state index contributed by atoms with van der Waals surface area (Å²) >= 11 is 0. The molecule has 0 saturated heterocycles. The number of amides is 4. The molecule has 0 aromatic heterocycles. The summed E-state index contributed by atoms with van der Waals surface area (Å²) in [7, 11) is 3.35. The van der Waals surface area contributed by atoms with E-state index in [1.165, 1.54) is 0 Å². The van der Waals surface area contributed by atoms with Crippen LogP contribution in [0.1, 0.15) is 56.8 Å². The molecule has 1 aliphatic heterocycles. The molecule has 0 bridgehead atoms. The molecule has 9 nitrogen and oxygen atoms in total. The lowest BCUT2D eigenvalue weighted by Crippen LogP contribution is -2.51. The topological polar surface area (TPSA) is 100 Å². The molecule has 0 radical (unpaired) electrons. The van der Waals surface area contributed by atoms with Crippen molar-refractivity contribution >= 4 is 23.5 Å². The molecular weight excluding hydrogens is 448 g/mol. The van der Waals surface area contributed by atoms with Crippen LogP contribution in [0.3, 0.4) is 0 Å². The Hall–Kier alpha value is -2.81. The van der Waals surface area contributed by atoms with Gasteiger partial charge in [-0.15, -0.1) is 0 Å². The molecule has 1 fully saturated rings. The molecule has 1 aliphatic carbocycles. The van der Waals surface area contributed by atoms with Crippen molar-refractivity contribution < 1.29 is 23.9 Å². The number of anilines is 1. The van der Waals surface area contributed by atoms with E-state index in [4.69, 9.17) is 9.47 Å². The number of ether oxygens (including phenoxy) is 2. The quantitative estimate of drug-likeness (QED) is 0.662. The van der Waals surface area contributed by atoms with E-state index in [0.29, 0.717) is 36.6 Å². The van der Waals surface area contributed by atoms with Crippen LogP contribution in [0.2, 0.25) is 0 Å². The highest BCUT2D eigenvalue weighted by molar-refractivity contribution is 6.00. The summed E-state index contributed by atoms with van der Waals surface area (Å²) in [6.45, 7) is 7.62. The third kappa shape index (κ3) is 6.66. The van der Waals surface area contributed by atoms with Gasteiger partial charge in [0.2, 0.25) is 5.91 Å². The highest BCUT2D eigenvalue weighted by Crippen LogP contribution is 2.30. The lowest BCUT2D eigenvalue weighted by atomic mass is 9.85. The van der Waals surface area contributed by atoms with Crippen LogP contribution >= 0.6 is 0 Å². The molecule has 1 saturated carbocycles. The monoisotopic (exact) mass is 488 g/mol. The van der Waals surface area contributed by atoms with E-state index in [1.807, 2.05) is 20.8 Å². The van der Waals surface area contributed by atoms with Crippen molar-refractivity contribution in [2.24, 2.45) is 11.8 Å². The number of nitrogens with one attached hydrogen (secondary N) is 2. The maximum atomic E-state index is 13.4. The van der Waals surface area contributed by atoms with Crippen LogP contribution in [0.4, 0.5) is 10.5 Å². The van der Waals surface area contributed by atoms with Gasteiger partial charge in [0, 0.05) is 51.3 Å². The van der Waals surface area contributed by atoms with Gasteiger partial charge in [-0.3, -0.25) is 9.59 Å². The number of carbonyl (C=O) groups is 3. The molecule has 35 heavy (non-hydrogen) atoms. The van der Waals surface area contributed by atoms with Gasteiger partial charge in [0.05, 0.1) is 17.7 Å². The summed E-state index contributed by atoms with van der Waals surface area (Å²) in [5.41, 5.74) is 0.944. The Kier molecular flexibility index (Phi) is 9.37. The molecule has 1 aromatic rings. The molecule has 1 aromatic carbocycles. The van der Waals surface area contributed by atoms with Gasteiger partial charge in [-0.1, -0.05) is 20.3 Å². The van der Waals surface area contributed by atoms with Gasteiger partial charge >= 0.3 is 6.03 Å². The molecule has 3 rings (SSSR count). The highest BCUT2D eigenvalue weighted by atomic mass is 16.5. The normalized spacial score (nSPS) is 23.8. The zero-order valence-corrected chi connectivity index (χ0v) is 21.6. The molecule has 194 valence electrons. The summed E-state index contributed by atoms with van der Waals surface area (Å²) in [6, 6.07) is 4.78. The minimum atomic E-state index is -0.261. The Morgan fingerprint density at radius 2 is 1.94 bits per heavy atom. The Balaban J connectivity index is 1.89. The van der Waals surface area contributed by atoms with Gasteiger partial charge in [-0.25, -0.2) is 4.79 Å². The van der Waals surface area contributed by atoms with Crippen molar-refractivity contribution in [3.63, 3.8) is 0 Å². The van der Waals surface area contributed by atoms with Crippen LogP contribution in [-0.2, 0) is 9.53 Å². The highest BCUT2D eigenvalue weighted by Gasteiger charge is 2.31. The first-order valence-electron chi connectivity index (χ1n) is 12.7. The van der Waals surface area contributed by atoms with Crippen LogP contribution in [0.15, 0.2) is 18.2 Å². The second-order valence-electron chi connectivity index (χ2n) is 9.81. The third-order valence-corrected chi connectivity index (χ3v) is 6.98. The van der Waals surface area contributed by atoms with Gasteiger partial charge < -0.3 is 29.9 Å².